The fourth-order valence-electron chi connectivity index (χ4n) is 3.33. The van der Waals surface area contributed by atoms with Crippen LogP contribution in [-0.4, -0.2) is 58.8 Å². The van der Waals surface area contributed by atoms with Crippen molar-refractivity contribution < 1.29 is 8.42 Å². The molecule has 1 aromatic rings. The molecule has 152 valence electrons. The van der Waals surface area contributed by atoms with E-state index in [-0.39, 0.29) is 5.75 Å². The summed E-state index contributed by atoms with van der Waals surface area (Å²) in [6.45, 7) is 5.19. The molecule has 27 heavy (non-hydrogen) atoms. The van der Waals surface area contributed by atoms with Gasteiger partial charge in [-0.2, -0.15) is 0 Å². The second-order valence-corrected chi connectivity index (χ2v) is 9.49. The number of hydrogen-bond donors (Lipinski definition) is 2. The van der Waals surface area contributed by atoms with Crippen LogP contribution in [0.2, 0.25) is 0 Å². The van der Waals surface area contributed by atoms with Gasteiger partial charge < -0.3 is 15.5 Å². The second kappa shape index (κ2) is 11.3. The van der Waals surface area contributed by atoms with E-state index in [0.717, 1.165) is 36.6 Å². The molecule has 0 atom stereocenters. The van der Waals surface area contributed by atoms with E-state index in [0.29, 0.717) is 6.54 Å². The van der Waals surface area contributed by atoms with Gasteiger partial charge in [0.15, 0.2) is 15.8 Å². The first-order valence-corrected chi connectivity index (χ1v) is 11.9. The Labute approximate surface area is 164 Å². The highest BCUT2D eigenvalue weighted by Gasteiger charge is 2.08. The van der Waals surface area contributed by atoms with Gasteiger partial charge in [0.1, 0.15) is 0 Å². The van der Waals surface area contributed by atoms with Crippen LogP contribution in [0.3, 0.4) is 0 Å². The van der Waals surface area contributed by atoms with Gasteiger partial charge in [-0.05, 0) is 50.0 Å². The van der Waals surface area contributed by atoms with E-state index in [1.807, 2.05) is 24.3 Å². The molecule has 1 saturated heterocycles. The molecule has 6 nitrogen and oxygen atoms in total. The molecule has 0 aliphatic carbocycles. The van der Waals surface area contributed by atoms with E-state index in [1.54, 1.807) is 7.05 Å². The predicted octanol–water partition coefficient (Wildman–Crippen LogP) is 2.16. The van der Waals surface area contributed by atoms with Gasteiger partial charge in [0, 0.05) is 26.4 Å². The molecule has 2 rings (SSSR count). The zero-order valence-corrected chi connectivity index (χ0v) is 17.5. The quantitative estimate of drug-likeness (QED) is 0.402. The Morgan fingerprint density at radius 3 is 2.26 bits per heavy atom. The maximum Gasteiger partial charge on any atom is 0.191 e. The molecule has 0 amide bonds. The number of guanidine groups is 1. The number of rotatable bonds is 8. The first kappa shape index (κ1) is 21.7. The van der Waals surface area contributed by atoms with Gasteiger partial charge >= 0.3 is 0 Å². The van der Waals surface area contributed by atoms with Gasteiger partial charge in [0.2, 0.25) is 0 Å². The average Bonchev–Trinajstić information content (AvgIpc) is 2.90. The summed E-state index contributed by atoms with van der Waals surface area (Å²) in [5.74, 6) is 0.882. The van der Waals surface area contributed by atoms with Gasteiger partial charge in [-0.1, -0.05) is 37.1 Å². The summed E-state index contributed by atoms with van der Waals surface area (Å²) in [5.41, 5.74) is 1.91. The normalized spacial score (nSPS) is 16.7. The molecular formula is C20H34N4O2S. The summed E-state index contributed by atoms with van der Waals surface area (Å²) in [4.78, 5) is 6.84. The summed E-state index contributed by atoms with van der Waals surface area (Å²) in [7, 11) is -1.21. The topological polar surface area (TPSA) is 73.8 Å². The van der Waals surface area contributed by atoms with Crippen LogP contribution in [0.4, 0.5) is 0 Å². The third-order valence-corrected chi connectivity index (χ3v) is 5.64. The van der Waals surface area contributed by atoms with E-state index in [2.05, 4.69) is 20.5 Å². The Kier molecular flexibility index (Phi) is 9.07. The van der Waals surface area contributed by atoms with Crippen LogP contribution in [0.15, 0.2) is 29.3 Å². The summed E-state index contributed by atoms with van der Waals surface area (Å²) >= 11 is 0. The van der Waals surface area contributed by atoms with Gasteiger partial charge in [0.05, 0.1) is 5.75 Å². The van der Waals surface area contributed by atoms with Crippen LogP contribution in [0.1, 0.15) is 43.2 Å². The summed E-state index contributed by atoms with van der Waals surface area (Å²) in [6.07, 6.45) is 7.78. The third kappa shape index (κ3) is 9.24. The van der Waals surface area contributed by atoms with E-state index < -0.39 is 9.84 Å². The Balaban J connectivity index is 1.67. The van der Waals surface area contributed by atoms with Crippen LogP contribution in [0, 0.1) is 0 Å². The SMILES string of the molecule is CN=C(NCCCN1CCCCCC1)NCc1ccc(CS(C)(=O)=O)cc1. The molecule has 7 heteroatoms. The molecule has 1 aromatic carbocycles. The molecule has 1 aliphatic rings. The van der Waals surface area contributed by atoms with Crippen molar-refractivity contribution in [3.8, 4) is 0 Å². The number of nitrogens with zero attached hydrogens (tertiary/aromatic N) is 2. The molecule has 0 radical (unpaired) electrons. The number of hydrogen-bond acceptors (Lipinski definition) is 4. The van der Waals surface area contributed by atoms with Crippen molar-refractivity contribution in [3.63, 3.8) is 0 Å². The maximum absolute atomic E-state index is 11.3. The highest BCUT2D eigenvalue weighted by Crippen LogP contribution is 2.09. The number of benzene rings is 1. The lowest BCUT2D eigenvalue weighted by Gasteiger charge is -2.20. The van der Waals surface area contributed by atoms with E-state index in [4.69, 9.17) is 0 Å². The first-order chi connectivity index (χ1) is 13.0. The van der Waals surface area contributed by atoms with Crippen molar-refractivity contribution in [1.82, 2.24) is 15.5 Å². The molecule has 0 aromatic heterocycles. The Bertz CT molecular complexity index is 678. The Morgan fingerprint density at radius 2 is 1.67 bits per heavy atom. The minimum absolute atomic E-state index is 0.0843. The highest BCUT2D eigenvalue weighted by molar-refractivity contribution is 7.89. The number of likely N-dealkylation sites (tertiary alicyclic amines) is 1. The van der Waals surface area contributed by atoms with Crippen LogP contribution >= 0.6 is 0 Å². The van der Waals surface area contributed by atoms with E-state index in [1.165, 1.54) is 45.0 Å². The van der Waals surface area contributed by atoms with E-state index >= 15 is 0 Å². The molecule has 0 saturated carbocycles. The van der Waals surface area contributed by atoms with Gasteiger partial charge in [-0.15, -0.1) is 0 Å². The summed E-state index contributed by atoms with van der Waals surface area (Å²) in [5, 5.41) is 6.68. The molecule has 2 N–H and O–H groups in total. The monoisotopic (exact) mass is 394 g/mol. The average molecular weight is 395 g/mol. The van der Waals surface area contributed by atoms with Gasteiger partial charge in [-0.3, -0.25) is 4.99 Å². The van der Waals surface area contributed by atoms with Crippen molar-refractivity contribution in [1.29, 1.82) is 0 Å². The molecule has 1 heterocycles. The van der Waals surface area contributed by atoms with Crippen molar-refractivity contribution in [3.05, 3.63) is 35.4 Å². The van der Waals surface area contributed by atoms with Crippen molar-refractivity contribution >= 4 is 15.8 Å². The standard InChI is InChI=1S/C20H34N4O2S/c1-21-20(22-12-7-15-24-13-5-3-4-6-14-24)23-16-18-8-10-19(11-9-18)17-27(2,25)26/h8-11H,3-7,12-17H2,1-2H3,(H2,21,22,23). The number of sulfone groups is 1. The lowest BCUT2D eigenvalue weighted by molar-refractivity contribution is 0.282. The zero-order chi connectivity index (χ0) is 19.5. The predicted molar refractivity (Wildman–Crippen MR) is 113 cm³/mol. The Morgan fingerprint density at radius 1 is 1.04 bits per heavy atom. The smallest absolute Gasteiger partial charge is 0.191 e. The fourth-order valence-corrected chi connectivity index (χ4v) is 4.13. The molecule has 0 unspecified atom stereocenters. The third-order valence-electron chi connectivity index (χ3n) is 4.78. The molecule has 0 spiro atoms. The molecule has 1 aliphatic heterocycles. The summed E-state index contributed by atoms with van der Waals surface area (Å²) in [6, 6.07) is 7.66. The van der Waals surface area contributed by atoms with Crippen molar-refractivity contribution in [2.24, 2.45) is 4.99 Å². The lowest BCUT2D eigenvalue weighted by atomic mass is 10.1. The fraction of sp³-hybridized carbons (Fsp3) is 0.650. The van der Waals surface area contributed by atoms with Crippen LogP contribution in [-0.2, 0) is 22.1 Å². The Hall–Kier alpha value is -1.60. The van der Waals surface area contributed by atoms with Crippen molar-refractivity contribution in [2.75, 3.05) is 39.5 Å². The maximum atomic E-state index is 11.3. The number of nitrogens with one attached hydrogen (secondary N) is 2. The van der Waals surface area contributed by atoms with Crippen LogP contribution in [0.25, 0.3) is 0 Å². The summed E-state index contributed by atoms with van der Waals surface area (Å²) < 4.78 is 22.7. The van der Waals surface area contributed by atoms with Gasteiger partial charge in [-0.25, -0.2) is 8.42 Å². The largest absolute Gasteiger partial charge is 0.356 e. The molecule has 0 bridgehead atoms. The first-order valence-electron chi connectivity index (χ1n) is 9.89. The number of aliphatic imine (C=N–C) groups is 1. The zero-order valence-electron chi connectivity index (χ0n) is 16.7. The van der Waals surface area contributed by atoms with Crippen LogP contribution in [0.5, 0.6) is 0 Å². The molecular weight excluding hydrogens is 360 g/mol. The lowest BCUT2D eigenvalue weighted by Crippen LogP contribution is -2.38. The minimum atomic E-state index is -2.99. The van der Waals surface area contributed by atoms with E-state index in [9.17, 15) is 8.42 Å². The van der Waals surface area contributed by atoms with Gasteiger partial charge in [0.25, 0.3) is 0 Å². The van der Waals surface area contributed by atoms with Crippen LogP contribution < -0.4 is 10.6 Å². The molecule has 1 fully saturated rings. The van der Waals surface area contributed by atoms with Crippen molar-refractivity contribution in [2.45, 2.75) is 44.4 Å². The minimum Gasteiger partial charge on any atom is -0.356 e. The highest BCUT2D eigenvalue weighted by atomic mass is 32.2. The second-order valence-electron chi connectivity index (χ2n) is 7.35.